The summed E-state index contributed by atoms with van der Waals surface area (Å²) in [6.45, 7) is 0. The van der Waals surface area contributed by atoms with Crippen LogP contribution in [0.25, 0.3) is 10.9 Å². The maximum atomic E-state index is 10.8. The molecule has 2 rings (SSSR count). The third-order valence-electron chi connectivity index (χ3n) is 2.18. The number of nitro benzene ring substituents is 1. The van der Waals surface area contributed by atoms with E-state index in [9.17, 15) is 10.1 Å². The van der Waals surface area contributed by atoms with E-state index < -0.39 is 0 Å². The number of pyridine rings is 1. The molecule has 0 spiro atoms. The Labute approximate surface area is 80.6 Å². The Morgan fingerprint density at radius 2 is 2.00 bits per heavy atom. The highest BCUT2D eigenvalue weighted by Gasteiger charge is 2.18. The van der Waals surface area contributed by atoms with Crippen LogP contribution in [0.3, 0.4) is 0 Å². The third-order valence-corrected chi connectivity index (χ3v) is 2.18. The van der Waals surface area contributed by atoms with Gasteiger partial charge in [-0.15, -0.1) is 0 Å². The van der Waals surface area contributed by atoms with Gasteiger partial charge >= 0.3 is 5.69 Å². The van der Waals surface area contributed by atoms with Crippen molar-refractivity contribution in [2.45, 2.75) is 0 Å². The predicted molar refractivity (Wildman–Crippen MR) is 51.8 cm³/mol. The number of benzene rings is 1. The summed E-state index contributed by atoms with van der Waals surface area (Å²) in [6, 6.07) is 8.81. The van der Waals surface area contributed by atoms with Gasteiger partial charge in [-0.2, -0.15) is 4.57 Å². The number of aryl methyl sites for hydroxylation is 1. The number of hydrogen-bond donors (Lipinski definition) is 0. The van der Waals surface area contributed by atoms with E-state index in [-0.39, 0.29) is 10.6 Å². The first-order valence-corrected chi connectivity index (χ1v) is 4.22. The topological polar surface area (TPSA) is 47.0 Å². The van der Waals surface area contributed by atoms with Gasteiger partial charge in [-0.3, -0.25) is 10.1 Å². The number of non-ortho nitro benzene ring substituents is 1. The fourth-order valence-electron chi connectivity index (χ4n) is 1.57. The van der Waals surface area contributed by atoms with Gasteiger partial charge in [-0.25, -0.2) is 0 Å². The highest BCUT2D eigenvalue weighted by atomic mass is 16.6. The second-order valence-corrected chi connectivity index (χ2v) is 3.09. The summed E-state index contributed by atoms with van der Waals surface area (Å²) in [5.74, 6) is 0. The number of hydrogen-bond acceptors (Lipinski definition) is 2. The van der Waals surface area contributed by atoms with E-state index in [0.717, 1.165) is 5.39 Å². The molecule has 4 nitrogen and oxygen atoms in total. The van der Waals surface area contributed by atoms with Crippen molar-refractivity contribution in [3.05, 3.63) is 46.6 Å². The molecule has 0 radical (unpaired) electrons. The molecule has 0 amide bonds. The highest BCUT2D eigenvalue weighted by Crippen LogP contribution is 2.20. The molecule has 0 unspecified atom stereocenters. The largest absolute Gasteiger partial charge is 0.340 e. The molecule has 0 saturated heterocycles. The molecule has 0 bridgehead atoms. The minimum atomic E-state index is -0.359. The van der Waals surface area contributed by atoms with Crippen molar-refractivity contribution < 1.29 is 9.49 Å². The number of nitro groups is 1. The van der Waals surface area contributed by atoms with Crippen molar-refractivity contribution in [1.82, 2.24) is 0 Å². The van der Waals surface area contributed by atoms with Crippen LogP contribution in [0.15, 0.2) is 36.5 Å². The van der Waals surface area contributed by atoms with Crippen LogP contribution < -0.4 is 4.57 Å². The molecule has 4 heteroatoms. The Kier molecular flexibility index (Phi) is 1.89. The predicted octanol–water partition coefficient (Wildman–Crippen LogP) is 1.57. The first kappa shape index (κ1) is 8.62. The summed E-state index contributed by atoms with van der Waals surface area (Å²) in [6.07, 6.45) is 1.80. The van der Waals surface area contributed by atoms with E-state index >= 15 is 0 Å². The van der Waals surface area contributed by atoms with Gasteiger partial charge < -0.3 is 0 Å². The van der Waals surface area contributed by atoms with Crippen LogP contribution in [-0.4, -0.2) is 4.92 Å². The van der Waals surface area contributed by atoms with Crippen LogP contribution >= 0.6 is 0 Å². The van der Waals surface area contributed by atoms with E-state index in [4.69, 9.17) is 0 Å². The van der Waals surface area contributed by atoms with Crippen molar-refractivity contribution in [3.8, 4) is 0 Å². The van der Waals surface area contributed by atoms with Gasteiger partial charge in [0.25, 0.3) is 5.52 Å². The second-order valence-electron chi connectivity index (χ2n) is 3.09. The van der Waals surface area contributed by atoms with Gasteiger partial charge in [0.2, 0.25) is 0 Å². The molecule has 0 aliphatic heterocycles. The fraction of sp³-hybridized carbons (Fsp3) is 0.100. The third kappa shape index (κ3) is 1.21. The van der Waals surface area contributed by atoms with E-state index in [0.29, 0.717) is 5.52 Å². The zero-order chi connectivity index (χ0) is 10.1. The zero-order valence-electron chi connectivity index (χ0n) is 7.68. The number of nitrogens with zero attached hydrogens (tertiary/aromatic N) is 2. The molecular weight excluding hydrogens is 180 g/mol. The summed E-state index contributed by atoms with van der Waals surface area (Å²) in [7, 11) is 1.80. The summed E-state index contributed by atoms with van der Waals surface area (Å²) in [4.78, 5) is 10.4. The average molecular weight is 189 g/mol. The maximum Gasteiger partial charge on any atom is 0.340 e. The van der Waals surface area contributed by atoms with Crippen molar-refractivity contribution in [1.29, 1.82) is 0 Å². The summed E-state index contributed by atoms with van der Waals surface area (Å²) >= 11 is 0. The summed E-state index contributed by atoms with van der Waals surface area (Å²) in [5.41, 5.74) is 0.797. The number of aromatic nitrogens is 1. The van der Waals surface area contributed by atoms with Crippen molar-refractivity contribution in [2.24, 2.45) is 7.05 Å². The number of rotatable bonds is 1. The molecule has 0 fully saturated rings. The quantitative estimate of drug-likeness (QED) is 0.388. The number of para-hydroxylation sites is 1. The lowest BCUT2D eigenvalue weighted by atomic mass is 10.2. The van der Waals surface area contributed by atoms with Gasteiger partial charge in [0.05, 0.1) is 10.3 Å². The molecule has 14 heavy (non-hydrogen) atoms. The lowest BCUT2D eigenvalue weighted by Gasteiger charge is -1.96. The normalized spacial score (nSPS) is 10.4. The zero-order valence-corrected chi connectivity index (χ0v) is 7.68. The molecule has 2 aromatic rings. The van der Waals surface area contributed by atoms with Gasteiger partial charge in [-0.05, 0) is 12.1 Å². The molecule has 0 saturated carbocycles. The first-order valence-electron chi connectivity index (χ1n) is 4.22. The minimum absolute atomic E-state index is 0.144. The molecular formula is C10H9N2O2+. The van der Waals surface area contributed by atoms with Gasteiger partial charge in [-0.1, -0.05) is 6.07 Å². The molecule has 0 aliphatic carbocycles. The minimum Gasteiger partial charge on any atom is -0.258 e. The second kappa shape index (κ2) is 3.06. The van der Waals surface area contributed by atoms with Crippen molar-refractivity contribution >= 4 is 16.6 Å². The van der Waals surface area contributed by atoms with Crippen LogP contribution in [0.4, 0.5) is 5.69 Å². The number of fused-ring (bicyclic) bond motifs is 1. The van der Waals surface area contributed by atoms with E-state index in [1.54, 1.807) is 23.9 Å². The van der Waals surface area contributed by atoms with Crippen molar-refractivity contribution in [2.75, 3.05) is 0 Å². The van der Waals surface area contributed by atoms with Crippen LogP contribution in [0.1, 0.15) is 0 Å². The standard InChI is InChI=1S/C10H9N2O2/c1-11-7-3-5-8-4-2-6-9(10(8)11)12(13)14/h2-7H,1H3/q+1. The Morgan fingerprint density at radius 3 is 2.71 bits per heavy atom. The molecule has 1 aromatic heterocycles. The van der Waals surface area contributed by atoms with Gasteiger partial charge in [0.1, 0.15) is 7.05 Å². The smallest absolute Gasteiger partial charge is 0.258 e. The first-order chi connectivity index (χ1) is 6.70. The van der Waals surface area contributed by atoms with Gasteiger partial charge in [0, 0.05) is 12.1 Å². The lowest BCUT2D eigenvalue weighted by molar-refractivity contribution is -0.646. The fourth-order valence-corrected chi connectivity index (χ4v) is 1.57. The SMILES string of the molecule is C[n+]1cccc2cccc([N+](=O)[O-])c21. The molecule has 1 heterocycles. The van der Waals surface area contributed by atoms with E-state index in [1.165, 1.54) is 6.07 Å². The monoisotopic (exact) mass is 189 g/mol. The van der Waals surface area contributed by atoms with Gasteiger partial charge in [0.15, 0.2) is 6.20 Å². The average Bonchev–Trinajstić information content (AvgIpc) is 2.17. The van der Waals surface area contributed by atoms with Crippen molar-refractivity contribution in [3.63, 3.8) is 0 Å². The molecule has 0 aliphatic rings. The van der Waals surface area contributed by atoms with Crippen LogP contribution in [0, 0.1) is 10.1 Å². The maximum absolute atomic E-state index is 10.8. The Bertz CT molecular complexity index is 503. The molecule has 0 atom stereocenters. The molecule has 70 valence electrons. The van der Waals surface area contributed by atoms with E-state index in [2.05, 4.69) is 0 Å². The summed E-state index contributed by atoms with van der Waals surface area (Å²) < 4.78 is 1.76. The van der Waals surface area contributed by atoms with Crippen LogP contribution in [0.5, 0.6) is 0 Å². The highest BCUT2D eigenvalue weighted by molar-refractivity contribution is 5.83. The van der Waals surface area contributed by atoms with E-state index in [1.807, 2.05) is 18.2 Å². The molecule has 0 N–H and O–H groups in total. The summed E-state index contributed by atoms with van der Waals surface area (Å²) in [5, 5.41) is 11.6. The molecule has 1 aromatic carbocycles. The van der Waals surface area contributed by atoms with Crippen LogP contribution in [-0.2, 0) is 7.05 Å². The van der Waals surface area contributed by atoms with Crippen LogP contribution in [0.2, 0.25) is 0 Å². The lowest BCUT2D eigenvalue weighted by Crippen LogP contribution is -2.28. The Morgan fingerprint density at radius 1 is 1.29 bits per heavy atom. The Hall–Kier alpha value is -1.97. The Balaban J connectivity index is 2.91.